The number of nitrogens with one attached hydrogen (secondary N) is 1. The summed E-state index contributed by atoms with van der Waals surface area (Å²) in [6, 6.07) is 15.5. The maximum Gasteiger partial charge on any atom is 0.257 e. The highest BCUT2D eigenvalue weighted by atomic mass is 32.1. The summed E-state index contributed by atoms with van der Waals surface area (Å²) in [5.41, 5.74) is 5.09. The fraction of sp³-hybridized carbons (Fsp3) is 0.158. The number of aryl methyl sites for hydroxylation is 3. The van der Waals surface area contributed by atoms with Gasteiger partial charge in [0, 0.05) is 16.0 Å². The topological polar surface area (TPSA) is 42.0 Å². The van der Waals surface area contributed by atoms with Crippen LogP contribution < -0.4 is 5.32 Å². The molecule has 23 heavy (non-hydrogen) atoms. The average molecular weight is 322 g/mol. The second-order valence-electron chi connectivity index (χ2n) is 5.56. The van der Waals surface area contributed by atoms with Gasteiger partial charge in [0.2, 0.25) is 0 Å². The van der Waals surface area contributed by atoms with Gasteiger partial charge in [0.1, 0.15) is 0 Å². The SMILES string of the molecule is Cc1ccc(C)c(-c2nc(NC(=O)c3ccccc3)sc2C)c1. The number of hydrogen-bond donors (Lipinski definition) is 1. The summed E-state index contributed by atoms with van der Waals surface area (Å²) in [6.45, 7) is 6.19. The molecule has 0 unspecified atom stereocenters. The van der Waals surface area contributed by atoms with Crippen molar-refractivity contribution in [3.05, 3.63) is 70.1 Å². The van der Waals surface area contributed by atoms with E-state index in [1.165, 1.54) is 22.5 Å². The second kappa shape index (κ2) is 6.34. The van der Waals surface area contributed by atoms with Gasteiger partial charge in [0.25, 0.3) is 5.91 Å². The highest BCUT2D eigenvalue weighted by Gasteiger charge is 2.14. The third-order valence-electron chi connectivity index (χ3n) is 3.70. The van der Waals surface area contributed by atoms with E-state index in [1.54, 1.807) is 12.1 Å². The Kier molecular flexibility index (Phi) is 4.26. The second-order valence-corrected chi connectivity index (χ2v) is 6.77. The van der Waals surface area contributed by atoms with E-state index < -0.39 is 0 Å². The van der Waals surface area contributed by atoms with Crippen LogP contribution in [0.25, 0.3) is 11.3 Å². The summed E-state index contributed by atoms with van der Waals surface area (Å²) in [6.07, 6.45) is 0. The molecule has 0 saturated heterocycles. The molecule has 3 aromatic rings. The van der Waals surface area contributed by atoms with Crippen molar-refractivity contribution in [3.8, 4) is 11.3 Å². The van der Waals surface area contributed by atoms with Gasteiger partial charge in [-0.05, 0) is 44.5 Å². The maximum absolute atomic E-state index is 12.2. The van der Waals surface area contributed by atoms with Crippen LogP contribution in [0, 0.1) is 20.8 Å². The number of rotatable bonds is 3. The van der Waals surface area contributed by atoms with E-state index in [0.717, 1.165) is 16.1 Å². The van der Waals surface area contributed by atoms with Crippen LogP contribution in [0.4, 0.5) is 5.13 Å². The van der Waals surface area contributed by atoms with E-state index in [4.69, 9.17) is 0 Å². The monoisotopic (exact) mass is 322 g/mol. The Bertz CT molecular complexity index is 853. The first-order valence-corrected chi connectivity index (χ1v) is 8.27. The van der Waals surface area contributed by atoms with Crippen molar-refractivity contribution >= 4 is 22.4 Å². The molecule has 0 radical (unpaired) electrons. The van der Waals surface area contributed by atoms with Gasteiger partial charge in [-0.3, -0.25) is 10.1 Å². The molecule has 0 aliphatic carbocycles. The fourth-order valence-corrected chi connectivity index (χ4v) is 3.27. The quantitative estimate of drug-likeness (QED) is 0.738. The van der Waals surface area contributed by atoms with Gasteiger partial charge in [0.15, 0.2) is 5.13 Å². The summed E-state index contributed by atoms with van der Waals surface area (Å²) in [4.78, 5) is 18.0. The molecule has 3 rings (SSSR count). The molecule has 0 fully saturated rings. The Balaban J connectivity index is 1.90. The summed E-state index contributed by atoms with van der Waals surface area (Å²) in [5, 5.41) is 3.52. The predicted molar refractivity (Wildman–Crippen MR) is 96.2 cm³/mol. The molecule has 0 bridgehead atoms. The molecule has 4 heteroatoms. The molecule has 0 saturated carbocycles. The zero-order valence-corrected chi connectivity index (χ0v) is 14.2. The lowest BCUT2D eigenvalue weighted by Gasteiger charge is -2.05. The number of carbonyl (C=O) groups excluding carboxylic acids is 1. The molecular weight excluding hydrogens is 304 g/mol. The Morgan fingerprint density at radius 3 is 2.52 bits per heavy atom. The average Bonchev–Trinajstić information content (AvgIpc) is 2.91. The normalized spacial score (nSPS) is 10.6. The molecule has 1 amide bonds. The molecule has 116 valence electrons. The van der Waals surface area contributed by atoms with Gasteiger partial charge in [0.05, 0.1) is 5.69 Å². The Hall–Kier alpha value is -2.46. The van der Waals surface area contributed by atoms with Gasteiger partial charge in [-0.25, -0.2) is 4.98 Å². The largest absolute Gasteiger partial charge is 0.298 e. The molecule has 0 aliphatic rings. The molecule has 0 spiro atoms. The molecule has 1 N–H and O–H groups in total. The van der Waals surface area contributed by atoms with Crippen molar-refractivity contribution in [1.29, 1.82) is 0 Å². The first kappa shape index (κ1) is 15.4. The van der Waals surface area contributed by atoms with Crippen LogP contribution in [0.2, 0.25) is 0 Å². The number of hydrogen-bond acceptors (Lipinski definition) is 3. The van der Waals surface area contributed by atoms with Crippen molar-refractivity contribution in [1.82, 2.24) is 4.98 Å². The van der Waals surface area contributed by atoms with Crippen LogP contribution in [-0.2, 0) is 0 Å². The van der Waals surface area contributed by atoms with Gasteiger partial charge < -0.3 is 0 Å². The van der Waals surface area contributed by atoms with Gasteiger partial charge >= 0.3 is 0 Å². The number of nitrogens with zero attached hydrogens (tertiary/aromatic N) is 1. The maximum atomic E-state index is 12.2. The minimum Gasteiger partial charge on any atom is -0.298 e. The lowest BCUT2D eigenvalue weighted by Crippen LogP contribution is -2.11. The summed E-state index contributed by atoms with van der Waals surface area (Å²) in [7, 11) is 0. The molecule has 1 aromatic heterocycles. The van der Waals surface area contributed by atoms with Crippen molar-refractivity contribution in [2.75, 3.05) is 5.32 Å². The third-order valence-corrected chi connectivity index (χ3v) is 4.59. The van der Waals surface area contributed by atoms with Gasteiger partial charge in [-0.15, -0.1) is 11.3 Å². The van der Waals surface area contributed by atoms with E-state index >= 15 is 0 Å². The van der Waals surface area contributed by atoms with Crippen molar-refractivity contribution in [2.24, 2.45) is 0 Å². The Labute approximate surface area is 140 Å². The molecule has 2 aromatic carbocycles. The molecule has 0 aliphatic heterocycles. The van der Waals surface area contributed by atoms with E-state index in [0.29, 0.717) is 10.7 Å². The van der Waals surface area contributed by atoms with E-state index in [1.807, 2.05) is 25.1 Å². The van der Waals surface area contributed by atoms with Gasteiger partial charge in [-0.2, -0.15) is 0 Å². The summed E-state index contributed by atoms with van der Waals surface area (Å²) >= 11 is 1.50. The van der Waals surface area contributed by atoms with Crippen LogP contribution in [-0.4, -0.2) is 10.9 Å². The number of aromatic nitrogens is 1. The van der Waals surface area contributed by atoms with Crippen molar-refractivity contribution in [3.63, 3.8) is 0 Å². The van der Waals surface area contributed by atoms with Crippen LogP contribution in [0.15, 0.2) is 48.5 Å². The fourth-order valence-electron chi connectivity index (χ4n) is 2.45. The van der Waals surface area contributed by atoms with Crippen LogP contribution in [0.1, 0.15) is 26.4 Å². The Morgan fingerprint density at radius 2 is 1.78 bits per heavy atom. The highest BCUT2D eigenvalue weighted by molar-refractivity contribution is 7.16. The standard InChI is InChI=1S/C19H18N2OS/c1-12-9-10-13(2)16(11-12)17-14(3)23-19(20-17)21-18(22)15-7-5-4-6-8-15/h4-11H,1-3H3,(H,20,21,22). The number of carbonyl (C=O) groups is 1. The van der Waals surface area contributed by atoms with Gasteiger partial charge in [-0.1, -0.05) is 35.9 Å². The molecule has 3 nitrogen and oxygen atoms in total. The lowest BCUT2D eigenvalue weighted by atomic mass is 10.0. The Morgan fingerprint density at radius 1 is 1.04 bits per heavy atom. The van der Waals surface area contributed by atoms with Crippen LogP contribution in [0.5, 0.6) is 0 Å². The van der Waals surface area contributed by atoms with Crippen LogP contribution in [0.3, 0.4) is 0 Å². The number of anilines is 1. The minimum atomic E-state index is -0.133. The van der Waals surface area contributed by atoms with E-state index in [9.17, 15) is 4.79 Å². The predicted octanol–water partition coefficient (Wildman–Crippen LogP) is 4.99. The smallest absolute Gasteiger partial charge is 0.257 e. The zero-order valence-electron chi connectivity index (χ0n) is 13.4. The third kappa shape index (κ3) is 3.32. The summed E-state index contributed by atoms with van der Waals surface area (Å²) in [5.74, 6) is -0.133. The number of benzene rings is 2. The van der Waals surface area contributed by atoms with Crippen molar-refractivity contribution in [2.45, 2.75) is 20.8 Å². The van der Waals surface area contributed by atoms with E-state index in [2.05, 4.69) is 42.3 Å². The van der Waals surface area contributed by atoms with Crippen molar-refractivity contribution < 1.29 is 4.79 Å². The molecule has 0 atom stereocenters. The summed E-state index contributed by atoms with van der Waals surface area (Å²) < 4.78 is 0. The highest BCUT2D eigenvalue weighted by Crippen LogP contribution is 2.32. The zero-order chi connectivity index (χ0) is 16.4. The lowest BCUT2D eigenvalue weighted by molar-refractivity contribution is 0.102. The molecule has 1 heterocycles. The first-order chi connectivity index (χ1) is 11.0. The minimum absolute atomic E-state index is 0.133. The number of thiazole rings is 1. The molecular formula is C19H18N2OS. The van der Waals surface area contributed by atoms with E-state index in [-0.39, 0.29) is 5.91 Å². The number of amides is 1. The first-order valence-electron chi connectivity index (χ1n) is 7.46. The van der Waals surface area contributed by atoms with Crippen LogP contribution >= 0.6 is 11.3 Å².